The Balaban J connectivity index is 2.42. The summed E-state index contributed by atoms with van der Waals surface area (Å²) in [5, 5.41) is 20.7. The van der Waals surface area contributed by atoms with Crippen LogP contribution in [-0.4, -0.2) is 28.3 Å². The third-order valence-electron chi connectivity index (χ3n) is 8.67. The minimum Gasteiger partial charge on any atom is -0.481 e. The van der Waals surface area contributed by atoms with E-state index in [4.69, 9.17) is 9.47 Å². The molecule has 0 radical (unpaired) electrons. The van der Waals surface area contributed by atoms with Gasteiger partial charge in [0.05, 0.1) is 10.8 Å². The lowest BCUT2D eigenvalue weighted by molar-refractivity contribution is -0.384. The summed E-state index contributed by atoms with van der Waals surface area (Å²) in [7, 11) is 0. The van der Waals surface area contributed by atoms with E-state index in [1.165, 1.54) is 75.6 Å². The minimum absolute atomic E-state index is 0.0674. The maximum Gasteiger partial charge on any atom is 0.514 e. The van der Waals surface area contributed by atoms with Crippen LogP contribution in [-0.2, 0) is 9.53 Å². The molecule has 44 heavy (non-hydrogen) atoms. The van der Waals surface area contributed by atoms with Crippen molar-refractivity contribution in [2.24, 2.45) is 11.8 Å². The molecule has 0 fully saturated rings. The van der Waals surface area contributed by atoms with Gasteiger partial charge in [-0.3, -0.25) is 14.9 Å². The van der Waals surface area contributed by atoms with Gasteiger partial charge in [0.2, 0.25) is 0 Å². The van der Waals surface area contributed by atoms with E-state index < -0.39 is 17.0 Å². The lowest BCUT2D eigenvalue weighted by atomic mass is 9.86. The first-order chi connectivity index (χ1) is 21.3. The molecule has 0 amide bonds. The quantitative estimate of drug-likeness (QED) is 0.0326. The molecule has 0 saturated heterocycles. The fraction of sp³-hybridized carbons (Fsp3) is 0.778. The van der Waals surface area contributed by atoms with Gasteiger partial charge < -0.3 is 14.6 Å². The summed E-state index contributed by atoms with van der Waals surface area (Å²) in [6.07, 6.45) is 22.4. The lowest BCUT2D eigenvalue weighted by Crippen LogP contribution is -2.21. The fourth-order valence-corrected chi connectivity index (χ4v) is 5.87. The number of carboxylic acids is 1. The Labute approximate surface area is 266 Å². The number of carbonyl (C=O) groups excluding carboxylic acids is 1. The van der Waals surface area contributed by atoms with E-state index in [1.54, 1.807) is 0 Å². The van der Waals surface area contributed by atoms with Gasteiger partial charge in [-0.25, -0.2) is 4.79 Å². The normalized spacial score (nSPS) is 12.6. The molecule has 0 bridgehead atoms. The molecular formula is C36H61NO7. The Hall–Kier alpha value is -2.64. The summed E-state index contributed by atoms with van der Waals surface area (Å²) in [5.41, 5.74) is -0.0674. The van der Waals surface area contributed by atoms with E-state index in [2.05, 4.69) is 20.8 Å². The van der Waals surface area contributed by atoms with Gasteiger partial charge in [0, 0.05) is 12.1 Å². The number of aliphatic carboxylic acids is 1. The first kappa shape index (κ1) is 39.4. The van der Waals surface area contributed by atoms with Crippen molar-refractivity contribution in [1.82, 2.24) is 0 Å². The van der Waals surface area contributed by atoms with Crippen LogP contribution >= 0.6 is 0 Å². The highest BCUT2D eigenvalue weighted by Crippen LogP contribution is 2.27. The molecule has 1 N–H and O–H groups in total. The van der Waals surface area contributed by atoms with Gasteiger partial charge in [-0.15, -0.1) is 0 Å². The average molecular weight is 620 g/mol. The third-order valence-corrected chi connectivity index (χ3v) is 8.67. The molecule has 0 aliphatic heterocycles. The summed E-state index contributed by atoms with van der Waals surface area (Å²) >= 11 is 0. The number of nitrogens with zero attached hydrogens (tertiary/aromatic N) is 1. The summed E-state index contributed by atoms with van der Waals surface area (Å²) in [4.78, 5) is 34.7. The Bertz CT molecular complexity index is 879. The van der Waals surface area contributed by atoms with E-state index in [0.29, 0.717) is 5.92 Å². The maximum absolute atomic E-state index is 12.4. The maximum atomic E-state index is 12.4. The Morgan fingerprint density at radius 1 is 0.682 bits per heavy atom. The number of hydrogen-bond donors (Lipinski definition) is 1. The second-order valence-corrected chi connectivity index (χ2v) is 12.5. The van der Waals surface area contributed by atoms with E-state index in [9.17, 15) is 24.8 Å². The zero-order valence-corrected chi connectivity index (χ0v) is 27.9. The molecule has 2 atom stereocenters. The van der Waals surface area contributed by atoms with Crippen molar-refractivity contribution < 1.29 is 29.1 Å². The number of hydrogen-bond acceptors (Lipinski definition) is 6. The number of non-ortho nitro benzene ring substituents is 1. The lowest BCUT2D eigenvalue weighted by Gasteiger charge is -2.20. The van der Waals surface area contributed by atoms with E-state index in [-0.39, 0.29) is 23.5 Å². The van der Waals surface area contributed by atoms with Crippen LogP contribution in [0.4, 0.5) is 10.5 Å². The molecule has 1 aromatic rings. The zero-order chi connectivity index (χ0) is 32.4. The van der Waals surface area contributed by atoms with Crippen LogP contribution in [0, 0.1) is 22.0 Å². The first-order valence-corrected chi connectivity index (χ1v) is 17.7. The summed E-state index contributed by atoms with van der Waals surface area (Å²) in [6.45, 7) is 6.63. The number of nitro groups is 1. The Morgan fingerprint density at radius 3 is 1.68 bits per heavy atom. The zero-order valence-electron chi connectivity index (χ0n) is 27.9. The number of rotatable bonds is 28. The fourth-order valence-electron chi connectivity index (χ4n) is 5.87. The molecule has 0 aliphatic carbocycles. The molecule has 0 heterocycles. The van der Waals surface area contributed by atoms with Crippen molar-refractivity contribution in [3.8, 4) is 5.75 Å². The monoisotopic (exact) mass is 619 g/mol. The van der Waals surface area contributed by atoms with Crippen molar-refractivity contribution >= 4 is 17.8 Å². The number of nitro benzene ring substituents is 1. The molecule has 8 nitrogen and oxygen atoms in total. The molecular weight excluding hydrogens is 558 g/mol. The predicted molar refractivity (Wildman–Crippen MR) is 177 cm³/mol. The van der Waals surface area contributed by atoms with Gasteiger partial charge in [0.25, 0.3) is 5.69 Å². The summed E-state index contributed by atoms with van der Waals surface area (Å²) < 4.78 is 10.9. The van der Waals surface area contributed by atoms with Crippen molar-refractivity contribution in [2.45, 2.75) is 168 Å². The van der Waals surface area contributed by atoms with E-state index in [0.717, 1.165) is 89.9 Å². The summed E-state index contributed by atoms with van der Waals surface area (Å²) in [5.74, 6) is -0.000864. The van der Waals surface area contributed by atoms with Crippen LogP contribution in [0.1, 0.15) is 162 Å². The molecule has 1 aromatic carbocycles. The van der Waals surface area contributed by atoms with Gasteiger partial charge >= 0.3 is 12.1 Å². The molecule has 1 rings (SSSR count). The third kappa shape index (κ3) is 19.6. The van der Waals surface area contributed by atoms with E-state index in [1.807, 2.05) is 0 Å². The second kappa shape index (κ2) is 25.7. The van der Waals surface area contributed by atoms with Gasteiger partial charge in [-0.05, 0) is 63.0 Å². The second-order valence-electron chi connectivity index (χ2n) is 12.5. The number of carboxylic acid groups (broad SMARTS) is 1. The average Bonchev–Trinajstić information content (AvgIpc) is 2.99. The molecule has 252 valence electrons. The molecule has 0 aromatic heterocycles. The van der Waals surface area contributed by atoms with Crippen LogP contribution in [0.2, 0.25) is 0 Å². The van der Waals surface area contributed by atoms with Crippen LogP contribution in [0.3, 0.4) is 0 Å². The van der Waals surface area contributed by atoms with Crippen molar-refractivity contribution in [1.29, 1.82) is 0 Å². The number of carbonyl (C=O) groups is 2. The van der Waals surface area contributed by atoms with Crippen molar-refractivity contribution in [3.05, 3.63) is 34.4 Å². The minimum atomic E-state index is -0.781. The van der Waals surface area contributed by atoms with Crippen LogP contribution in [0.15, 0.2) is 24.3 Å². The summed E-state index contributed by atoms with van der Waals surface area (Å²) in [6, 6.07) is 5.38. The van der Waals surface area contributed by atoms with Crippen molar-refractivity contribution in [3.63, 3.8) is 0 Å². The topological polar surface area (TPSA) is 116 Å². The SMILES string of the molecule is CCCCCCC(CCCCCCCC(CCC(CCCCC)CCCCC)C(=O)O)OC(=O)Oc1ccc([N+](=O)[O-])cc1. The molecule has 2 unspecified atom stereocenters. The number of unbranched alkanes of at least 4 members (excludes halogenated alkanes) is 11. The molecule has 0 spiro atoms. The van der Waals surface area contributed by atoms with Gasteiger partial charge in [-0.2, -0.15) is 0 Å². The van der Waals surface area contributed by atoms with Gasteiger partial charge in [0.15, 0.2) is 0 Å². The molecule has 0 aliphatic rings. The Kier molecular flexibility index (Phi) is 23.0. The highest BCUT2D eigenvalue weighted by molar-refractivity contribution is 5.69. The van der Waals surface area contributed by atoms with Crippen LogP contribution in [0.25, 0.3) is 0 Å². The predicted octanol–water partition coefficient (Wildman–Crippen LogP) is 11.4. The number of benzene rings is 1. The molecule has 8 heteroatoms. The van der Waals surface area contributed by atoms with E-state index >= 15 is 0 Å². The van der Waals surface area contributed by atoms with Crippen LogP contribution in [0.5, 0.6) is 5.75 Å². The number of ether oxygens (including phenoxy) is 2. The van der Waals surface area contributed by atoms with Crippen molar-refractivity contribution in [2.75, 3.05) is 0 Å². The largest absolute Gasteiger partial charge is 0.514 e. The molecule has 0 saturated carbocycles. The van der Waals surface area contributed by atoms with Crippen LogP contribution < -0.4 is 4.74 Å². The highest BCUT2D eigenvalue weighted by atomic mass is 16.7. The standard InChI is InChI=1S/C36H61NO7/c1-4-7-10-17-22-33(43-36(40)44-34-28-26-32(27-29-34)37(41)42)23-18-13-11-12-16-21-31(35(38)39)25-24-30(19-14-8-5-2)20-15-9-6-3/h26-31,33H,4-25H2,1-3H3,(H,38,39). The Morgan fingerprint density at radius 2 is 1.16 bits per heavy atom. The van der Waals surface area contributed by atoms with Gasteiger partial charge in [-0.1, -0.05) is 117 Å². The smallest absolute Gasteiger partial charge is 0.481 e. The highest BCUT2D eigenvalue weighted by Gasteiger charge is 2.20. The first-order valence-electron chi connectivity index (χ1n) is 17.7. The van der Waals surface area contributed by atoms with Gasteiger partial charge in [0.1, 0.15) is 11.9 Å².